The van der Waals surface area contributed by atoms with Crippen LogP contribution in [0.25, 0.3) is 0 Å². The van der Waals surface area contributed by atoms with Crippen LogP contribution in [0.15, 0.2) is 47.8 Å². The molecule has 1 nitrogen and oxygen atoms in total. The van der Waals surface area contributed by atoms with Crippen molar-refractivity contribution in [3.05, 3.63) is 47.8 Å². The molecule has 0 saturated heterocycles. The zero-order valence-electron chi connectivity index (χ0n) is 9.68. The van der Waals surface area contributed by atoms with Gasteiger partial charge in [0.25, 0.3) is 0 Å². The minimum atomic E-state index is -2.75. The first-order chi connectivity index (χ1) is 9.50. The molecule has 0 amide bonds. The second kappa shape index (κ2) is 6.11. The molecule has 0 atom stereocenters. The molecule has 8 heteroatoms. The van der Waals surface area contributed by atoms with Gasteiger partial charge in [0, 0.05) is 0 Å². The first-order valence-electron chi connectivity index (χ1n) is 5.38. The molecular weight excluding hydrogens is 527 g/mol. The highest BCUT2D eigenvalue weighted by Crippen LogP contribution is 2.49. The van der Waals surface area contributed by atoms with Crippen molar-refractivity contribution >= 4 is 103 Å². The third-order valence-electron chi connectivity index (χ3n) is 2.61. The molecule has 0 radical (unpaired) electrons. The molecule has 3 aromatic rings. The van der Waals surface area contributed by atoms with Gasteiger partial charge in [0.15, 0.2) is 7.14 Å². The van der Waals surface area contributed by atoms with E-state index in [9.17, 15) is 4.57 Å². The lowest BCUT2D eigenvalue weighted by Crippen LogP contribution is -2.18. The summed E-state index contributed by atoms with van der Waals surface area (Å²) in [7, 11) is -2.75. The Bertz CT molecular complexity index is 699. The second-order valence-electron chi connectivity index (χ2n) is 3.84. The predicted molar refractivity (Wildman–Crippen MR) is 103 cm³/mol. The second-order valence-corrected chi connectivity index (χ2v) is 14.8. The molecule has 20 heavy (non-hydrogen) atoms. The van der Waals surface area contributed by atoms with Crippen LogP contribution < -0.4 is 13.9 Å². The highest BCUT2D eigenvalue weighted by atomic mass is 79.9. The standard InChI is InChI=1S/C12H6Br3OPS3/c13-7-1-4-10(18-7)17(16,11-5-2-8(14)19-11)12-6-3-9(15)20-12/h1-6H. The highest BCUT2D eigenvalue weighted by molar-refractivity contribution is 9.11. The van der Waals surface area contributed by atoms with Gasteiger partial charge in [-0.2, -0.15) is 0 Å². The summed E-state index contributed by atoms with van der Waals surface area (Å²) in [5.74, 6) is 0. The van der Waals surface area contributed by atoms with Crippen molar-refractivity contribution in [1.29, 1.82) is 0 Å². The first kappa shape index (κ1) is 15.7. The Kier molecular flexibility index (Phi) is 4.78. The van der Waals surface area contributed by atoms with Crippen LogP contribution in [0.4, 0.5) is 0 Å². The topological polar surface area (TPSA) is 17.1 Å². The van der Waals surface area contributed by atoms with Gasteiger partial charge in [-0.1, -0.05) is 0 Å². The van der Waals surface area contributed by atoms with Gasteiger partial charge in [0.05, 0.1) is 25.2 Å². The highest BCUT2D eigenvalue weighted by Gasteiger charge is 2.34. The van der Waals surface area contributed by atoms with Crippen molar-refractivity contribution < 1.29 is 4.57 Å². The molecule has 3 heterocycles. The summed E-state index contributed by atoms with van der Waals surface area (Å²) in [5, 5.41) is 0. The summed E-state index contributed by atoms with van der Waals surface area (Å²) in [6, 6.07) is 11.7. The number of hydrogen-bond donors (Lipinski definition) is 0. The van der Waals surface area contributed by atoms with Gasteiger partial charge in [-0.25, -0.2) is 0 Å². The Hall–Kier alpha value is 0.770. The average molecular weight is 533 g/mol. The SMILES string of the molecule is O=P(c1ccc(Br)s1)(c1ccc(Br)s1)c1ccc(Br)s1. The van der Waals surface area contributed by atoms with Crippen molar-refractivity contribution in [2.75, 3.05) is 0 Å². The van der Waals surface area contributed by atoms with Crippen molar-refractivity contribution in [1.82, 2.24) is 0 Å². The van der Waals surface area contributed by atoms with Crippen LogP contribution in [0, 0.1) is 0 Å². The molecule has 0 aliphatic heterocycles. The van der Waals surface area contributed by atoms with Crippen LogP contribution in [0.2, 0.25) is 0 Å². The smallest absolute Gasteiger partial charge is 0.199 e. The fourth-order valence-corrected chi connectivity index (χ4v) is 12.5. The molecule has 0 aromatic carbocycles. The molecule has 0 aliphatic carbocycles. The van der Waals surface area contributed by atoms with Gasteiger partial charge < -0.3 is 4.57 Å². The summed E-state index contributed by atoms with van der Waals surface area (Å²) >= 11 is 15.0. The average Bonchev–Trinajstić information content (AvgIpc) is 3.10. The van der Waals surface area contributed by atoms with Crippen LogP contribution >= 0.6 is 88.9 Å². The molecule has 3 rings (SSSR count). The summed E-state index contributed by atoms with van der Waals surface area (Å²) in [5.41, 5.74) is 0. The number of thiophene rings is 3. The van der Waals surface area contributed by atoms with Gasteiger partial charge in [-0.15, -0.1) is 34.0 Å². The molecule has 104 valence electrons. The molecular formula is C12H6Br3OPS3. The first-order valence-corrected chi connectivity index (χ1v) is 11.9. The Balaban J connectivity index is 2.25. The maximum absolute atomic E-state index is 13.8. The summed E-state index contributed by atoms with van der Waals surface area (Å²) < 4.78 is 19.6. The van der Waals surface area contributed by atoms with E-state index in [1.165, 1.54) is 34.0 Å². The molecule has 0 aliphatic rings. The fraction of sp³-hybridized carbons (Fsp3) is 0. The van der Waals surface area contributed by atoms with E-state index in [0.717, 1.165) is 25.2 Å². The van der Waals surface area contributed by atoms with E-state index >= 15 is 0 Å². The Morgan fingerprint density at radius 1 is 0.650 bits per heavy atom. The van der Waals surface area contributed by atoms with Crippen molar-refractivity contribution in [2.45, 2.75) is 0 Å². The molecule has 0 fully saturated rings. The van der Waals surface area contributed by atoms with E-state index in [0.29, 0.717) is 0 Å². The Labute approximate surface area is 153 Å². The quantitative estimate of drug-likeness (QED) is 0.390. The minimum absolute atomic E-state index is 0.910. The maximum Gasteiger partial charge on any atom is 0.199 e. The van der Waals surface area contributed by atoms with Crippen molar-refractivity contribution in [3.63, 3.8) is 0 Å². The van der Waals surface area contributed by atoms with E-state index in [1.54, 1.807) is 0 Å². The Morgan fingerprint density at radius 2 is 0.950 bits per heavy atom. The van der Waals surface area contributed by atoms with Crippen LogP contribution in [0.1, 0.15) is 0 Å². The number of rotatable bonds is 3. The summed E-state index contributed by atoms with van der Waals surface area (Å²) in [6.07, 6.45) is 0. The van der Waals surface area contributed by atoms with E-state index in [-0.39, 0.29) is 0 Å². The van der Waals surface area contributed by atoms with Crippen LogP contribution in [0.3, 0.4) is 0 Å². The third kappa shape index (κ3) is 2.83. The van der Waals surface area contributed by atoms with E-state index in [4.69, 9.17) is 0 Å². The zero-order chi connectivity index (χ0) is 14.3. The van der Waals surface area contributed by atoms with E-state index in [1.807, 2.05) is 36.4 Å². The lowest BCUT2D eigenvalue weighted by Gasteiger charge is -2.13. The predicted octanol–water partition coefficient (Wildman–Crippen LogP) is 5.80. The molecule has 3 aromatic heterocycles. The van der Waals surface area contributed by atoms with Gasteiger partial charge in [-0.3, -0.25) is 0 Å². The zero-order valence-corrected chi connectivity index (χ0v) is 17.8. The van der Waals surface area contributed by atoms with Crippen LogP contribution in [-0.4, -0.2) is 0 Å². The summed E-state index contributed by atoms with van der Waals surface area (Å²) in [4.78, 5) is 0. The van der Waals surface area contributed by atoms with Crippen LogP contribution in [0.5, 0.6) is 0 Å². The lowest BCUT2D eigenvalue weighted by molar-refractivity contribution is 0.593. The van der Waals surface area contributed by atoms with Gasteiger partial charge in [0.1, 0.15) is 0 Å². The molecule has 0 N–H and O–H groups in total. The number of hydrogen-bond acceptors (Lipinski definition) is 4. The van der Waals surface area contributed by atoms with Gasteiger partial charge >= 0.3 is 0 Å². The normalized spacial score (nSPS) is 11.9. The monoisotopic (exact) mass is 530 g/mol. The number of halogens is 3. The lowest BCUT2D eigenvalue weighted by atomic mass is 10.7. The van der Waals surface area contributed by atoms with Crippen molar-refractivity contribution in [3.8, 4) is 0 Å². The van der Waals surface area contributed by atoms with E-state index < -0.39 is 7.14 Å². The van der Waals surface area contributed by atoms with Crippen molar-refractivity contribution in [2.24, 2.45) is 0 Å². The molecule has 0 saturated carbocycles. The van der Waals surface area contributed by atoms with E-state index in [2.05, 4.69) is 47.8 Å². The molecule has 0 bridgehead atoms. The third-order valence-corrected chi connectivity index (χ3v) is 12.3. The molecule has 0 spiro atoms. The summed E-state index contributed by atoms with van der Waals surface area (Å²) in [6.45, 7) is 0. The fourth-order valence-electron chi connectivity index (χ4n) is 1.75. The van der Waals surface area contributed by atoms with Crippen LogP contribution in [-0.2, 0) is 4.57 Å². The molecule has 0 unspecified atom stereocenters. The Morgan fingerprint density at radius 3 is 1.15 bits per heavy atom. The van der Waals surface area contributed by atoms with Gasteiger partial charge in [0.2, 0.25) is 0 Å². The largest absolute Gasteiger partial charge is 0.306 e. The minimum Gasteiger partial charge on any atom is -0.306 e. The maximum atomic E-state index is 13.8. The van der Waals surface area contributed by atoms with Gasteiger partial charge in [-0.05, 0) is 84.2 Å².